The van der Waals surface area contributed by atoms with Crippen molar-refractivity contribution >= 4 is 25.6 Å². The topological polar surface area (TPSA) is 70.2 Å². The van der Waals surface area contributed by atoms with E-state index in [0.717, 1.165) is 32.4 Å². The number of rotatable bonds is 3. The van der Waals surface area contributed by atoms with Crippen LogP contribution in [-0.2, 0) is 9.05 Å². The SMILES string of the molecule is CCC1CCN(C(=O)c2cc(S(=O)(=O)Cl)c[nH]2)CC1. The number of H-pyrrole nitrogens is 1. The molecular formula is C12H17ClN2O3S. The molecule has 1 aliphatic heterocycles. The zero-order valence-corrected chi connectivity index (χ0v) is 12.3. The fraction of sp³-hybridized carbons (Fsp3) is 0.583. The van der Waals surface area contributed by atoms with Crippen molar-refractivity contribution in [1.82, 2.24) is 9.88 Å². The van der Waals surface area contributed by atoms with Crippen molar-refractivity contribution in [1.29, 1.82) is 0 Å². The predicted octanol–water partition coefficient (Wildman–Crippen LogP) is 2.20. The largest absolute Gasteiger partial charge is 0.356 e. The molecule has 1 aromatic rings. The first-order valence-corrected chi connectivity index (χ1v) is 8.65. The molecule has 0 spiro atoms. The Bertz CT molecular complexity index is 559. The standard InChI is InChI=1S/C12H17ClN2O3S/c1-2-9-3-5-15(6-4-9)12(16)11-7-10(8-14-11)19(13,17)18/h7-9,14H,2-6H2,1H3. The summed E-state index contributed by atoms with van der Waals surface area (Å²) in [6.07, 6.45) is 4.39. The van der Waals surface area contributed by atoms with Gasteiger partial charge in [0.15, 0.2) is 0 Å². The Balaban J connectivity index is 2.07. The molecule has 2 rings (SSSR count). The monoisotopic (exact) mass is 304 g/mol. The summed E-state index contributed by atoms with van der Waals surface area (Å²) < 4.78 is 22.3. The van der Waals surface area contributed by atoms with Crippen LogP contribution in [0.25, 0.3) is 0 Å². The van der Waals surface area contributed by atoms with Gasteiger partial charge < -0.3 is 9.88 Å². The molecule has 1 aliphatic rings. The number of carbonyl (C=O) groups is 1. The average molecular weight is 305 g/mol. The number of aromatic amines is 1. The molecule has 7 heteroatoms. The third-order valence-electron chi connectivity index (χ3n) is 3.65. The van der Waals surface area contributed by atoms with Gasteiger partial charge in [-0.3, -0.25) is 4.79 Å². The number of hydrogen-bond donors (Lipinski definition) is 1. The van der Waals surface area contributed by atoms with Gasteiger partial charge in [0, 0.05) is 30.0 Å². The van der Waals surface area contributed by atoms with Crippen LogP contribution in [0.15, 0.2) is 17.2 Å². The van der Waals surface area contributed by atoms with Crippen LogP contribution < -0.4 is 0 Å². The van der Waals surface area contributed by atoms with Crippen LogP contribution in [0.4, 0.5) is 0 Å². The van der Waals surface area contributed by atoms with E-state index in [1.54, 1.807) is 4.90 Å². The van der Waals surface area contributed by atoms with Crippen LogP contribution in [0.3, 0.4) is 0 Å². The van der Waals surface area contributed by atoms with E-state index in [9.17, 15) is 13.2 Å². The fourth-order valence-electron chi connectivity index (χ4n) is 2.35. The van der Waals surface area contributed by atoms with Crippen LogP contribution in [0.5, 0.6) is 0 Å². The van der Waals surface area contributed by atoms with Crippen molar-refractivity contribution in [2.75, 3.05) is 13.1 Å². The summed E-state index contributed by atoms with van der Waals surface area (Å²) in [5.74, 6) is 0.521. The predicted molar refractivity (Wildman–Crippen MR) is 72.8 cm³/mol. The second-order valence-electron chi connectivity index (χ2n) is 4.83. The van der Waals surface area contributed by atoms with E-state index >= 15 is 0 Å². The summed E-state index contributed by atoms with van der Waals surface area (Å²) in [6.45, 7) is 3.60. The van der Waals surface area contributed by atoms with Crippen LogP contribution in [0, 0.1) is 5.92 Å². The Morgan fingerprint density at radius 2 is 2.11 bits per heavy atom. The molecule has 0 atom stereocenters. The zero-order valence-electron chi connectivity index (χ0n) is 10.7. The van der Waals surface area contributed by atoms with Gasteiger partial charge >= 0.3 is 0 Å². The molecular weight excluding hydrogens is 288 g/mol. The van der Waals surface area contributed by atoms with Crippen LogP contribution in [-0.4, -0.2) is 37.3 Å². The number of nitrogens with zero attached hydrogens (tertiary/aromatic N) is 1. The zero-order chi connectivity index (χ0) is 14.0. The maximum Gasteiger partial charge on any atom is 0.270 e. The van der Waals surface area contributed by atoms with E-state index in [1.807, 2.05) is 0 Å². The quantitative estimate of drug-likeness (QED) is 0.870. The van der Waals surface area contributed by atoms with Crippen LogP contribution in [0.1, 0.15) is 36.7 Å². The van der Waals surface area contributed by atoms with Gasteiger partial charge in [0.1, 0.15) is 10.6 Å². The molecule has 19 heavy (non-hydrogen) atoms. The molecule has 0 saturated carbocycles. The lowest BCUT2D eigenvalue weighted by atomic mass is 9.94. The van der Waals surface area contributed by atoms with Gasteiger partial charge in [0.05, 0.1) is 0 Å². The first-order valence-electron chi connectivity index (χ1n) is 6.34. The Morgan fingerprint density at radius 3 is 2.58 bits per heavy atom. The van der Waals surface area contributed by atoms with Crippen LogP contribution >= 0.6 is 10.7 Å². The number of carbonyl (C=O) groups excluding carboxylic acids is 1. The molecule has 1 amide bonds. The molecule has 0 unspecified atom stereocenters. The van der Waals surface area contributed by atoms with Crippen molar-refractivity contribution in [3.05, 3.63) is 18.0 Å². The first kappa shape index (κ1) is 14.4. The number of amides is 1. The summed E-state index contributed by atoms with van der Waals surface area (Å²) >= 11 is 0. The lowest BCUT2D eigenvalue weighted by Crippen LogP contribution is -2.38. The van der Waals surface area contributed by atoms with E-state index < -0.39 is 9.05 Å². The Labute approximate surface area is 117 Å². The molecule has 1 fully saturated rings. The highest BCUT2D eigenvalue weighted by atomic mass is 35.7. The van der Waals surface area contributed by atoms with E-state index in [1.165, 1.54) is 12.3 Å². The highest BCUT2D eigenvalue weighted by Crippen LogP contribution is 2.22. The smallest absolute Gasteiger partial charge is 0.270 e. The Hall–Kier alpha value is -1.01. The summed E-state index contributed by atoms with van der Waals surface area (Å²) in [7, 11) is 1.44. The Kier molecular flexibility index (Phi) is 4.20. The second-order valence-corrected chi connectivity index (χ2v) is 7.40. The first-order chi connectivity index (χ1) is 8.91. The van der Waals surface area contributed by atoms with Crippen LogP contribution in [0.2, 0.25) is 0 Å². The van der Waals surface area contributed by atoms with Gasteiger partial charge in [0.25, 0.3) is 15.0 Å². The van der Waals surface area contributed by atoms with Crippen molar-refractivity contribution in [2.45, 2.75) is 31.1 Å². The highest BCUT2D eigenvalue weighted by molar-refractivity contribution is 8.13. The lowest BCUT2D eigenvalue weighted by molar-refractivity contribution is 0.0683. The maximum absolute atomic E-state index is 12.2. The van der Waals surface area contributed by atoms with Gasteiger partial charge in [-0.05, 0) is 24.8 Å². The third-order valence-corrected chi connectivity index (χ3v) is 4.98. The van der Waals surface area contributed by atoms with E-state index in [2.05, 4.69) is 11.9 Å². The lowest BCUT2D eigenvalue weighted by Gasteiger charge is -2.31. The van der Waals surface area contributed by atoms with Gasteiger partial charge in [-0.2, -0.15) is 0 Å². The van der Waals surface area contributed by atoms with Crippen molar-refractivity contribution < 1.29 is 13.2 Å². The minimum absolute atomic E-state index is 0.0686. The molecule has 0 aliphatic carbocycles. The molecule has 0 aromatic carbocycles. The summed E-state index contributed by atoms with van der Waals surface area (Å²) in [4.78, 5) is 16.6. The minimum atomic E-state index is -3.79. The number of halogens is 1. The summed E-state index contributed by atoms with van der Waals surface area (Å²) in [5, 5.41) is 0. The summed E-state index contributed by atoms with van der Waals surface area (Å²) in [5.41, 5.74) is 0.272. The number of hydrogen-bond acceptors (Lipinski definition) is 3. The Morgan fingerprint density at radius 1 is 1.47 bits per heavy atom. The number of aromatic nitrogens is 1. The van der Waals surface area contributed by atoms with Gasteiger partial charge in [-0.1, -0.05) is 13.3 Å². The molecule has 1 aromatic heterocycles. The van der Waals surface area contributed by atoms with Crippen molar-refractivity contribution in [2.24, 2.45) is 5.92 Å². The van der Waals surface area contributed by atoms with E-state index in [-0.39, 0.29) is 16.5 Å². The third kappa shape index (κ3) is 3.30. The van der Waals surface area contributed by atoms with E-state index in [4.69, 9.17) is 10.7 Å². The van der Waals surface area contributed by atoms with Gasteiger partial charge in [-0.25, -0.2) is 8.42 Å². The molecule has 0 radical (unpaired) electrons. The average Bonchev–Trinajstić information content (AvgIpc) is 2.87. The molecule has 106 valence electrons. The summed E-state index contributed by atoms with van der Waals surface area (Å²) in [6, 6.07) is 1.29. The molecule has 0 bridgehead atoms. The van der Waals surface area contributed by atoms with Gasteiger partial charge in [-0.15, -0.1) is 0 Å². The molecule has 2 heterocycles. The van der Waals surface area contributed by atoms with Gasteiger partial charge in [0.2, 0.25) is 0 Å². The number of piperidine rings is 1. The second kappa shape index (κ2) is 5.54. The van der Waals surface area contributed by atoms with Crippen molar-refractivity contribution in [3.63, 3.8) is 0 Å². The molecule has 1 N–H and O–H groups in total. The molecule has 1 saturated heterocycles. The van der Waals surface area contributed by atoms with E-state index in [0.29, 0.717) is 5.92 Å². The molecule has 5 nitrogen and oxygen atoms in total. The number of likely N-dealkylation sites (tertiary alicyclic amines) is 1. The maximum atomic E-state index is 12.2. The minimum Gasteiger partial charge on any atom is -0.356 e. The highest BCUT2D eigenvalue weighted by Gasteiger charge is 2.24. The fourth-order valence-corrected chi connectivity index (χ4v) is 3.08. The normalized spacial score (nSPS) is 17.7. The van der Waals surface area contributed by atoms with Crippen molar-refractivity contribution in [3.8, 4) is 0 Å². The number of nitrogens with one attached hydrogen (secondary N) is 1.